The van der Waals surface area contributed by atoms with Crippen LogP contribution < -0.4 is 10.6 Å². The predicted molar refractivity (Wildman–Crippen MR) is 83.1 cm³/mol. The van der Waals surface area contributed by atoms with Crippen molar-refractivity contribution in [1.82, 2.24) is 4.90 Å². The number of para-hydroxylation sites is 1. The largest absolute Gasteiger partial charge is 0.362 e. The summed E-state index contributed by atoms with van der Waals surface area (Å²) >= 11 is 0. The lowest BCUT2D eigenvalue weighted by molar-refractivity contribution is 0.155. The molecule has 3 aliphatic rings. The zero-order chi connectivity index (χ0) is 13.6. The third-order valence-corrected chi connectivity index (χ3v) is 5.84. The van der Waals surface area contributed by atoms with Gasteiger partial charge in [-0.3, -0.25) is 4.90 Å². The van der Waals surface area contributed by atoms with E-state index in [1.54, 1.807) is 0 Å². The highest BCUT2D eigenvalue weighted by atomic mass is 15.3. The van der Waals surface area contributed by atoms with E-state index in [0.717, 1.165) is 13.1 Å². The minimum absolute atomic E-state index is 0.188. The first-order chi connectivity index (χ1) is 9.85. The van der Waals surface area contributed by atoms with Crippen molar-refractivity contribution in [3.8, 4) is 0 Å². The van der Waals surface area contributed by atoms with Crippen LogP contribution in [0, 0.1) is 0 Å². The number of nitrogens with two attached hydrogens (primary N) is 1. The van der Waals surface area contributed by atoms with Gasteiger partial charge in [-0.1, -0.05) is 24.6 Å². The average molecular weight is 271 g/mol. The van der Waals surface area contributed by atoms with E-state index in [1.165, 1.54) is 56.4 Å². The summed E-state index contributed by atoms with van der Waals surface area (Å²) in [6, 6.07) is 9.60. The number of piperidine rings is 1. The number of hydrogen-bond acceptors (Lipinski definition) is 3. The van der Waals surface area contributed by atoms with Crippen molar-refractivity contribution in [3.05, 3.63) is 29.8 Å². The van der Waals surface area contributed by atoms with Gasteiger partial charge in [0.25, 0.3) is 0 Å². The van der Waals surface area contributed by atoms with E-state index in [4.69, 9.17) is 5.73 Å². The normalized spacial score (nSPS) is 33.2. The molecule has 2 fully saturated rings. The standard InChI is InChI=1S/C17H25N3/c18-13-17(9-12-19-10-4-3-7-16(17)19)20-11-8-14-5-1-2-6-15(14)20/h1-2,5-6,16H,3-4,7-13,18H2. The van der Waals surface area contributed by atoms with Crippen LogP contribution >= 0.6 is 0 Å². The summed E-state index contributed by atoms with van der Waals surface area (Å²) in [4.78, 5) is 5.37. The highest BCUT2D eigenvalue weighted by Crippen LogP contribution is 2.43. The van der Waals surface area contributed by atoms with Crippen molar-refractivity contribution in [1.29, 1.82) is 0 Å². The van der Waals surface area contributed by atoms with Crippen LogP contribution in [0.5, 0.6) is 0 Å². The smallest absolute Gasteiger partial charge is 0.0691 e. The molecule has 1 aromatic carbocycles. The number of rotatable bonds is 2. The Kier molecular flexibility index (Phi) is 3.00. The maximum Gasteiger partial charge on any atom is 0.0691 e. The summed E-state index contributed by atoms with van der Waals surface area (Å²) in [6.07, 6.45) is 6.50. The fraction of sp³-hybridized carbons (Fsp3) is 0.647. The Morgan fingerprint density at radius 2 is 2.05 bits per heavy atom. The van der Waals surface area contributed by atoms with Crippen LogP contribution in [-0.4, -0.2) is 42.7 Å². The van der Waals surface area contributed by atoms with E-state index < -0.39 is 0 Å². The van der Waals surface area contributed by atoms with E-state index in [1.807, 2.05) is 0 Å². The number of nitrogens with zero attached hydrogens (tertiary/aromatic N) is 2. The average Bonchev–Trinajstić information content (AvgIpc) is 3.09. The summed E-state index contributed by atoms with van der Waals surface area (Å²) in [5, 5.41) is 0. The second kappa shape index (κ2) is 4.74. The van der Waals surface area contributed by atoms with Gasteiger partial charge in [0.15, 0.2) is 0 Å². The molecule has 2 atom stereocenters. The van der Waals surface area contributed by atoms with E-state index in [2.05, 4.69) is 34.1 Å². The molecule has 1 aromatic rings. The van der Waals surface area contributed by atoms with Gasteiger partial charge in [0.1, 0.15) is 0 Å². The zero-order valence-electron chi connectivity index (χ0n) is 12.2. The van der Waals surface area contributed by atoms with Gasteiger partial charge in [-0.05, 0) is 43.9 Å². The van der Waals surface area contributed by atoms with Crippen LogP contribution in [0.2, 0.25) is 0 Å². The molecule has 20 heavy (non-hydrogen) atoms. The maximum atomic E-state index is 6.34. The maximum absolute atomic E-state index is 6.34. The molecule has 0 radical (unpaired) electrons. The van der Waals surface area contributed by atoms with Crippen molar-refractivity contribution in [2.75, 3.05) is 31.1 Å². The highest BCUT2D eigenvalue weighted by Gasteiger charge is 2.51. The topological polar surface area (TPSA) is 32.5 Å². The lowest BCUT2D eigenvalue weighted by Gasteiger charge is -2.47. The van der Waals surface area contributed by atoms with Crippen LogP contribution in [0.4, 0.5) is 5.69 Å². The predicted octanol–water partition coefficient (Wildman–Crippen LogP) is 2.00. The van der Waals surface area contributed by atoms with Gasteiger partial charge in [-0.15, -0.1) is 0 Å². The highest BCUT2D eigenvalue weighted by molar-refractivity contribution is 5.60. The third-order valence-electron chi connectivity index (χ3n) is 5.84. The summed E-state index contributed by atoms with van der Waals surface area (Å²) in [5.74, 6) is 0. The Labute approximate surface area is 121 Å². The minimum Gasteiger partial charge on any atom is -0.362 e. The van der Waals surface area contributed by atoms with E-state index in [0.29, 0.717) is 6.04 Å². The van der Waals surface area contributed by atoms with Gasteiger partial charge in [0.05, 0.1) is 5.54 Å². The first kappa shape index (κ1) is 12.7. The molecule has 2 saturated heterocycles. The Morgan fingerprint density at radius 3 is 2.95 bits per heavy atom. The van der Waals surface area contributed by atoms with Crippen LogP contribution in [0.25, 0.3) is 0 Å². The van der Waals surface area contributed by atoms with Crippen molar-refractivity contribution in [3.63, 3.8) is 0 Å². The number of fused-ring (bicyclic) bond motifs is 2. The summed E-state index contributed by atoms with van der Waals surface area (Å²) in [7, 11) is 0. The summed E-state index contributed by atoms with van der Waals surface area (Å²) in [6.45, 7) is 4.46. The molecule has 0 bridgehead atoms. The van der Waals surface area contributed by atoms with E-state index >= 15 is 0 Å². The first-order valence-electron chi connectivity index (χ1n) is 8.15. The molecule has 3 heteroatoms. The number of anilines is 1. The van der Waals surface area contributed by atoms with E-state index in [9.17, 15) is 0 Å². The molecular formula is C17H25N3. The summed E-state index contributed by atoms with van der Waals surface area (Å²) < 4.78 is 0. The van der Waals surface area contributed by atoms with Gasteiger partial charge in [0, 0.05) is 31.4 Å². The molecule has 3 aliphatic heterocycles. The number of hydrogen-bond donors (Lipinski definition) is 1. The van der Waals surface area contributed by atoms with Crippen molar-refractivity contribution in [2.24, 2.45) is 5.73 Å². The molecule has 108 valence electrons. The van der Waals surface area contributed by atoms with Crippen molar-refractivity contribution >= 4 is 5.69 Å². The Bertz CT molecular complexity index is 501. The fourth-order valence-electron chi connectivity index (χ4n) is 4.83. The van der Waals surface area contributed by atoms with Gasteiger partial charge in [0.2, 0.25) is 0 Å². The van der Waals surface area contributed by atoms with Crippen LogP contribution in [0.3, 0.4) is 0 Å². The molecule has 2 unspecified atom stereocenters. The molecule has 0 aromatic heterocycles. The van der Waals surface area contributed by atoms with Gasteiger partial charge < -0.3 is 10.6 Å². The van der Waals surface area contributed by atoms with Crippen molar-refractivity contribution < 1.29 is 0 Å². The third kappa shape index (κ3) is 1.66. The van der Waals surface area contributed by atoms with Crippen LogP contribution in [0.1, 0.15) is 31.2 Å². The van der Waals surface area contributed by atoms with E-state index in [-0.39, 0.29) is 5.54 Å². The second-order valence-corrected chi connectivity index (χ2v) is 6.64. The molecule has 2 N–H and O–H groups in total. The molecule has 0 spiro atoms. The van der Waals surface area contributed by atoms with Crippen molar-refractivity contribution in [2.45, 2.75) is 43.7 Å². The van der Waals surface area contributed by atoms with Gasteiger partial charge in [-0.2, -0.15) is 0 Å². The first-order valence-corrected chi connectivity index (χ1v) is 8.15. The monoisotopic (exact) mass is 271 g/mol. The molecule has 0 aliphatic carbocycles. The van der Waals surface area contributed by atoms with Crippen LogP contribution in [-0.2, 0) is 6.42 Å². The van der Waals surface area contributed by atoms with Gasteiger partial charge >= 0.3 is 0 Å². The lowest BCUT2D eigenvalue weighted by Crippen LogP contribution is -2.61. The molecule has 4 rings (SSSR count). The fourth-order valence-corrected chi connectivity index (χ4v) is 4.83. The minimum atomic E-state index is 0.188. The quantitative estimate of drug-likeness (QED) is 0.893. The molecule has 3 nitrogen and oxygen atoms in total. The Balaban J connectivity index is 1.72. The summed E-state index contributed by atoms with van der Waals surface area (Å²) in [5.41, 5.74) is 9.49. The molecule has 3 heterocycles. The van der Waals surface area contributed by atoms with Gasteiger partial charge in [-0.25, -0.2) is 0 Å². The molecule has 0 saturated carbocycles. The second-order valence-electron chi connectivity index (χ2n) is 6.64. The SMILES string of the molecule is NCC1(N2CCc3ccccc32)CCN2CCCCC21. The van der Waals surface area contributed by atoms with Crippen LogP contribution in [0.15, 0.2) is 24.3 Å². The Hall–Kier alpha value is -1.06. The number of benzene rings is 1. The Morgan fingerprint density at radius 1 is 1.15 bits per heavy atom. The zero-order valence-corrected chi connectivity index (χ0v) is 12.2. The molecular weight excluding hydrogens is 246 g/mol. The molecule has 0 amide bonds. The lowest BCUT2D eigenvalue weighted by atomic mass is 9.83.